The number of fused-ring (bicyclic) bond motifs is 1. The van der Waals surface area contributed by atoms with Gasteiger partial charge < -0.3 is 14.8 Å². The molecule has 0 spiro atoms. The molecular weight excluding hydrogens is 333 g/mol. The summed E-state index contributed by atoms with van der Waals surface area (Å²) in [6.45, 7) is -0.275. The van der Waals surface area contributed by atoms with E-state index in [1.165, 1.54) is 18.2 Å². The largest absolute Gasteiger partial charge is 0.416 e. The van der Waals surface area contributed by atoms with Gasteiger partial charge in [-0.2, -0.15) is 13.2 Å². The van der Waals surface area contributed by atoms with E-state index in [2.05, 4.69) is 4.98 Å². The quantitative estimate of drug-likeness (QED) is 0.743. The molecule has 0 saturated heterocycles. The summed E-state index contributed by atoms with van der Waals surface area (Å²) in [4.78, 5) is 4.27. The van der Waals surface area contributed by atoms with Crippen LogP contribution >= 0.6 is 0 Å². The third kappa shape index (κ3) is 3.67. The molecule has 1 aromatic heterocycles. The lowest BCUT2D eigenvalue weighted by Gasteiger charge is -2.17. The minimum absolute atomic E-state index is 0.0393. The molecule has 0 saturated carbocycles. The van der Waals surface area contributed by atoms with E-state index in [0.717, 1.165) is 11.6 Å². The minimum Gasteiger partial charge on any atom is -0.391 e. The Morgan fingerprint density at radius 2 is 1.72 bits per heavy atom. The number of aromatic nitrogens is 2. The predicted octanol–water partition coefficient (Wildman–Crippen LogP) is 3.15. The van der Waals surface area contributed by atoms with Crippen molar-refractivity contribution in [3.8, 4) is 0 Å². The number of halogens is 3. The van der Waals surface area contributed by atoms with Gasteiger partial charge in [-0.1, -0.05) is 30.3 Å². The van der Waals surface area contributed by atoms with Crippen LogP contribution in [0.4, 0.5) is 13.2 Å². The van der Waals surface area contributed by atoms with Crippen LogP contribution in [0.3, 0.4) is 0 Å². The van der Waals surface area contributed by atoms with Gasteiger partial charge in [0.1, 0.15) is 12.4 Å². The summed E-state index contributed by atoms with van der Waals surface area (Å²) >= 11 is 0. The highest BCUT2D eigenvalue weighted by atomic mass is 19.4. The van der Waals surface area contributed by atoms with E-state index in [1.54, 1.807) is 28.8 Å². The molecule has 3 rings (SSSR count). The average Bonchev–Trinajstić information content (AvgIpc) is 2.92. The maximum absolute atomic E-state index is 13.1. The number of alkyl halides is 3. The fraction of sp³-hybridized carbons (Fsp3) is 0.278. The fourth-order valence-corrected chi connectivity index (χ4v) is 2.95. The Morgan fingerprint density at radius 1 is 1.04 bits per heavy atom. The van der Waals surface area contributed by atoms with Crippen LogP contribution in [0.25, 0.3) is 11.0 Å². The van der Waals surface area contributed by atoms with Gasteiger partial charge >= 0.3 is 6.18 Å². The van der Waals surface area contributed by atoms with Crippen LogP contribution in [0.1, 0.15) is 17.0 Å². The average molecular weight is 350 g/mol. The molecular formula is C18H17F3N2O2. The number of aliphatic hydroxyl groups excluding tert-OH is 2. The first-order chi connectivity index (χ1) is 11.9. The molecule has 0 aliphatic rings. The molecule has 7 heteroatoms. The maximum atomic E-state index is 13.1. The Hall–Kier alpha value is -2.38. The van der Waals surface area contributed by atoms with Gasteiger partial charge in [-0.05, 0) is 23.8 Å². The second-order valence-electron chi connectivity index (χ2n) is 5.80. The van der Waals surface area contributed by atoms with Crippen molar-refractivity contribution in [2.45, 2.75) is 31.9 Å². The van der Waals surface area contributed by atoms with Crippen LogP contribution in [0.15, 0.2) is 48.5 Å². The van der Waals surface area contributed by atoms with Gasteiger partial charge in [-0.15, -0.1) is 0 Å². The van der Waals surface area contributed by atoms with Crippen molar-refractivity contribution in [2.75, 3.05) is 0 Å². The van der Waals surface area contributed by atoms with Crippen molar-refractivity contribution in [1.29, 1.82) is 0 Å². The summed E-state index contributed by atoms with van der Waals surface area (Å²) in [7, 11) is 0. The summed E-state index contributed by atoms with van der Waals surface area (Å²) in [5.41, 5.74) is 0.675. The van der Waals surface area contributed by atoms with E-state index in [9.17, 15) is 23.4 Å². The number of nitrogens with zero attached hydrogens (tertiary/aromatic N) is 2. The molecule has 0 aliphatic heterocycles. The van der Waals surface area contributed by atoms with Crippen LogP contribution in [0, 0.1) is 0 Å². The number of hydrogen-bond donors (Lipinski definition) is 2. The normalized spacial score (nSPS) is 13.3. The van der Waals surface area contributed by atoms with Gasteiger partial charge in [0.2, 0.25) is 0 Å². The predicted molar refractivity (Wildman–Crippen MR) is 86.8 cm³/mol. The lowest BCUT2D eigenvalue weighted by molar-refractivity contribution is -0.138. The van der Waals surface area contributed by atoms with E-state index in [4.69, 9.17) is 0 Å². The zero-order valence-corrected chi connectivity index (χ0v) is 13.2. The van der Waals surface area contributed by atoms with Gasteiger partial charge in [0, 0.05) is 6.42 Å². The molecule has 1 heterocycles. The highest BCUT2D eigenvalue weighted by Crippen LogP contribution is 2.32. The van der Waals surface area contributed by atoms with E-state index in [-0.39, 0.29) is 25.1 Å². The Labute approximate surface area is 142 Å². The Bertz CT molecular complexity index is 874. The third-order valence-corrected chi connectivity index (χ3v) is 4.05. The monoisotopic (exact) mass is 350 g/mol. The molecule has 1 unspecified atom stereocenters. The zero-order valence-electron chi connectivity index (χ0n) is 13.2. The molecule has 0 aliphatic carbocycles. The van der Waals surface area contributed by atoms with E-state index >= 15 is 0 Å². The Kier molecular flexibility index (Phi) is 4.78. The maximum Gasteiger partial charge on any atom is 0.416 e. The smallest absolute Gasteiger partial charge is 0.391 e. The molecule has 1 atom stereocenters. The number of para-hydroxylation sites is 2. The molecule has 2 N–H and O–H groups in total. The molecule has 3 aromatic rings. The van der Waals surface area contributed by atoms with Crippen molar-refractivity contribution < 1.29 is 23.4 Å². The number of aliphatic hydroxyl groups is 2. The molecule has 0 radical (unpaired) electrons. The van der Waals surface area contributed by atoms with Gasteiger partial charge in [0.05, 0.1) is 29.2 Å². The summed E-state index contributed by atoms with van der Waals surface area (Å²) in [6, 6.07) is 12.4. The number of rotatable bonds is 5. The van der Waals surface area contributed by atoms with E-state index < -0.39 is 17.8 Å². The number of benzene rings is 2. The summed E-state index contributed by atoms with van der Waals surface area (Å²) in [5.74, 6) is 0.365. The van der Waals surface area contributed by atoms with Crippen molar-refractivity contribution in [3.05, 3.63) is 65.5 Å². The lowest BCUT2D eigenvalue weighted by Crippen LogP contribution is -2.22. The molecule has 0 amide bonds. The van der Waals surface area contributed by atoms with Gasteiger partial charge in [0.15, 0.2) is 0 Å². The van der Waals surface area contributed by atoms with Gasteiger partial charge in [-0.3, -0.25) is 0 Å². The highest BCUT2D eigenvalue weighted by molar-refractivity contribution is 5.75. The van der Waals surface area contributed by atoms with Crippen LogP contribution in [0.2, 0.25) is 0 Å². The van der Waals surface area contributed by atoms with Crippen molar-refractivity contribution in [2.24, 2.45) is 0 Å². The Balaban J connectivity index is 1.86. The highest BCUT2D eigenvalue weighted by Gasteiger charge is 2.33. The first kappa shape index (κ1) is 17.4. The second-order valence-corrected chi connectivity index (χ2v) is 5.80. The Morgan fingerprint density at radius 3 is 2.44 bits per heavy atom. The number of imidazole rings is 1. The van der Waals surface area contributed by atoms with Gasteiger partial charge in [-0.25, -0.2) is 4.98 Å². The first-order valence-corrected chi connectivity index (χ1v) is 7.78. The van der Waals surface area contributed by atoms with E-state index in [1.807, 2.05) is 0 Å². The molecule has 0 fully saturated rings. The third-order valence-electron chi connectivity index (χ3n) is 4.05. The second kappa shape index (κ2) is 6.85. The molecule has 0 bridgehead atoms. The summed E-state index contributed by atoms with van der Waals surface area (Å²) < 4.78 is 40.9. The fourth-order valence-electron chi connectivity index (χ4n) is 2.95. The number of hydrogen-bond acceptors (Lipinski definition) is 3. The van der Waals surface area contributed by atoms with Crippen LogP contribution in [0.5, 0.6) is 0 Å². The van der Waals surface area contributed by atoms with Crippen LogP contribution in [-0.4, -0.2) is 25.9 Å². The standard InChI is InChI=1S/C18H17F3N2O2/c19-18(20,21)14-6-2-1-5-12(14)9-13(25)10-23-16-8-4-3-7-15(16)22-17(23)11-24/h1-8,13,24-25H,9-11H2. The molecule has 25 heavy (non-hydrogen) atoms. The topological polar surface area (TPSA) is 58.3 Å². The molecule has 4 nitrogen and oxygen atoms in total. The van der Waals surface area contributed by atoms with Crippen molar-refractivity contribution in [3.63, 3.8) is 0 Å². The van der Waals surface area contributed by atoms with Crippen LogP contribution < -0.4 is 0 Å². The first-order valence-electron chi connectivity index (χ1n) is 7.78. The molecule has 132 valence electrons. The minimum atomic E-state index is -4.46. The van der Waals surface area contributed by atoms with E-state index in [0.29, 0.717) is 11.3 Å². The lowest BCUT2D eigenvalue weighted by atomic mass is 10.0. The van der Waals surface area contributed by atoms with Gasteiger partial charge in [0.25, 0.3) is 0 Å². The SMILES string of the molecule is OCc1nc2ccccc2n1CC(O)Cc1ccccc1C(F)(F)F. The van der Waals surface area contributed by atoms with Crippen LogP contribution in [-0.2, 0) is 25.7 Å². The van der Waals surface area contributed by atoms with Crippen molar-refractivity contribution in [1.82, 2.24) is 9.55 Å². The summed E-state index contributed by atoms with van der Waals surface area (Å²) in [5, 5.41) is 19.8. The van der Waals surface area contributed by atoms with Crippen molar-refractivity contribution >= 4 is 11.0 Å². The molecule has 2 aromatic carbocycles. The summed E-state index contributed by atoms with van der Waals surface area (Å²) in [6.07, 6.45) is -5.66. The zero-order chi connectivity index (χ0) is 18.0.